The van der Waals surface area contributed by atoms with E-state index in [1.165, 1.54) is 5.56 Å². The van der Waals surface area contributed by atoms with Crippen LogP contribution >= 0.6 is 0 Å². The molecule has 2 aromatic rings. The largest absolute Gasteiger partial charge is 0.441 e. The van der Waals surface area contributed by atoms with E-state index >= 15 is 0 Å². The van der Waals surface area contributed by atoms with Crippen LogP contribution < -0.4 is 5.32 Å². The molecule has 0 spiro atoms. The first kappa shape index (κ1) is 17.2. The number of carbonyl (C=O) groups excluding carboxylic acids is 1. The van der Waals surface area contributed by atoms with Crippen LogP contribution in [0.25, 0.3) is 11.5 Å². The van der Waals surface area contributed by atoms with Crippen molar-refractivity contribution in [3.63, 3.8) is 0 Å². The lowest BCUT2D eigenvalue weighted by molar-refractivity contribution is -0.121. The summed E-state index contributed by atoms with van der Waals surface area (Å²) < 4.78 is 10.6. The first-order valence-electron chi connectivity index (χ1n) is 7.89. The van der Waals surface area contributed by atoms with Crippen molar-refractivity contribution in [3.05, 3.63) is 41.3 Å². The number of amides is 1. The highest BCUT2D eigenvalue weighted by molar-refractivity contribution is 5.75. The maximum absolute atomic E-state index is 11.6. The number of methoxy groups -OCH3 is 1. The van der Waals surface area contributed by atoms with Crippen molar-refractivity contribution in [1.29, 1.82) is 0 Å². The van der Waals surface area contributed by atoms with Crippen LogP contribution in [0.4, 0.5) is 0 Å². The van der Waals surface area contributed by atoms with Gasteiger partial charge in [0.1, 0.15) is 5.76 Å². The van der Waals surface area contributed by atoms with Gasteiger partial charge in [0.25, 0.3) is 0 Å². The summed E-state index contributed by atoms with van der Waals surface area (Å²) in [7, 11) is 1.62. The molecule has 5 heteroatoms. The van der Waals surface area contributed by atoms with Gasteiger partial charge in [-0.3, -0.25) is 4.79 Å². The van der Waals surface area contributed by atoms with E-state index in [1.807, 2.05) is 38.1 Å². The van der Waals surface area contributed by atoms with E-state index in [-0.39, 0.29) is 5.91 Å². The van der Waals surface area contributed by atoms with Gasteiger partial charge in [-0.25, -0.2) is 4.98 Å². The third kappa shape index (κ3) is 5.21. The second kappa shape index (κ2) is 8.48. The van der Waals surface area contributed by atoms with Crippen LogP contribution in [0.3, 0.4) is 0 Å². The van der Waals surface area contributed by atoms with Crippen LogP contribution in [0.5, 0.6) is 0 Å². The van der Waals surface area contributed by atoms with Crippen LogP contribution in [-0.2, 0) is 16.0 Å². The Labute approximate surface area is 137 Å². The Morgan fingerprint density at radius 3 is 2.70 bits per heavy atom. The lowest BCUT2D eigenvalue weighted by atomic mass is 10.1. The summed E-state index contributed by atoms with van der Waals surface area (Å²) in [4.78, 5) is 16.2. The average molecular weight is 316 g/mol. The van der Waals surface area contributed by atoms with Crippen LogP contribution in [-0.4, -0.2) is 31.2 Å². The molecule has 2 rings (SSSR count). The van der Waals surface area contributed by atoms with Gasteiger partial charge in [-0.05, 0) is 38.8 Å². The van der Waals surface area contributed by atoms with Gasteiger partial charge < -0.3 is 14.5 Å². The van der Waals surface area contributed by atoms with Gasteiger partial charge >= 0.3 is 0 Å². The van der Waals surface area contributed by atoms with Gasteiger partial charge in [0.15, 0.2) is 0 Å². The zero-order valence-electron chi connectivity index (χ0n) is 14.0. The fraction of sp³-hybridized carbons (Fsp3) is 0.444. The Kier molecular flexibility index (Phi) is 6.35. The van der Waals surface area contributed by atoms with Crippen LogP contribution in [0.2, 0.25) is 0 Å². The fourth-order valence-corrected chi connectivity index (χ4v) is 2.28. The third-order valence-electron chi connectivity index (χ3n) is 3.64. The zero-order chi connectivity index (χ0) is 16.7. The monoisotopic (exact) mass is 316 g/mol. The molecule has 1 aromatic carbocycles. The predicted octanol–water partition coefficient (Wildman–Crippen LogP) is 3.04. The molecule has 0 radical (unpaired) electrons. The molecule has 0 saturated heterocycles. The molecule has 1 N–H and O–H groups in total. The van der Waals surface area contributed by atoms with Crippen molar-refractivity contribution in [3.8, 4) is 11.5 Å². The molecule has 5 nitrogen and oxygen atoms in total. The van der Waals surface area contributed by atoms with Gasteiger partial charge in [0.05, 0.1) is 12.3 Å². The molecule has 0 aliphatic heterocycles. The van der Waals surface area contributed by atoms with E-state index < -0.39 is 0 Å². The number of hydrogen-bond acceptors (Lipinski definition) is 4. The molecular weight excluding hydrogens is 292 g/mol. The second-order valence-corrected chi connectivity index (χ2v) is 5.58. The van der Waals surface area contributed by atoms with Crippen molar-refractivity contribution >= 4 is 5.91 Å². The number of ether oxygens (including phenoxy) is 1. The average Bonchev–Trinajstić information content (AvgIpc) is 2.89. The molecule has 1 amide bonds. The Morgan fingerprint density at radius 2 is 2.00 bits per heavy atom. The lowest BCUT2D eigenvalue weighted by Crippen LogP contribution is -2.26. The number of nitrogens with one attached hydrogen (secondary N) is 1. The molecule has 0 aliphatic rings. The number of hydrogen-bond donors (Lipinski definition) is 1. The summed E-state index contributed by atoms with van der Waals surface area (Å²) >= 11 is 0. The van der Waals surface area contributed by atoms with E-state index in [1.54, 1.807) is 7.11 Å². The normalized spacial score (nSPS) is 10.7. The zero-order valence-corrected chi connectivity index (χ0v) is 14.0. The van der Waals surface area contributed by atoms with Crippen molar-refractivity contribution < 1.29 is 13.9 Å². The first-order chi connectivity index (χ1) is 11.1. The van der Waals surface area contributed by atoms with Gasteiger partial charge in [-0.2, -0.15) is 0 Å². The highest BCUT2D eigenvalue weighted by Gasteiger charge is 2.11. The summed E-state index contributed by atoms with van der Waals surface area (Å²) in [5.74, 6) is 1.50. The minimum absolute atomic E-state index is 0.0435. The van der Waals surface area contributed by atoms with E-state index in [0.717, 1.165) is 29.9 Å². The lowest BCUT2D eigenvalue weighted by Gasteiger charge is -2.03. The summed E-state index contributed by atoms with van der Waals surface area (Å²) in [6, 6.07) is 8.10. The van der Waals surface area contributed by atoms with Gasteiger partial charge in [-0.1, -0.05) is 17.7 Å². The number of carbonyl (C=O) groups is 1. The number of nitrogens with zero attached hydrogens (tertiary/aromatic N) is 1. The standard InChI is InChI=1S/C18H24N2O3/c1-13-7-9-15(10-8-13)18-20-16(14(2)23-18)5-4-6-17(21)19-11-12-22-3/h7-10H,4-6,11-12H2,1-3H3,(H,19,21). The maximum Gasteiger partial charge on any atom is 0.226 e. The molecule has 1 aromatic heterocycles. The van der Waals surface area contributed by atoms with Gasteiger partial charge in [0.2, 0.25) is 11.8 Å². The predicted molar refractivity (Wildman–Crippen MR) is 89.2 cm³/mol. The third-order valence-corrected chi connectivity index (χ3v) is 3.64. The summed E-state index contributed by atoms with van der Waals surface area (Å²) in [6.45, 7) is 5.05. The number of aryl methyl sites for hydroxylation is 3. The van der Waals surface area contributed by atoms with Crippen molar-refractivity contribution in [2.45, 2.75) is 33.1 Å². The molecule has 0 bridgehead atoms. The topological polar surface area (TPSA) is 64.4 Å². The van der Waals surface area contributed by atoms with E-state index in [0.29, 0.717) is 25.5 Å². The molecule has 1 heterocycles. The number of oxazole rings is 1. The Morgan fingerprint density at radius 1 is 1.26 bits per heavy atom. The minimum atomic E-state index is 0.0435. The Hall–Kier alpha value is -2.14. The van der Waals surface area contributed by atoms with Gasteiger partial charge in [-0.15, -0.1) is 0 Å². The van der Waals surface area contributed by atoms with Crippen LogP contribution in [0, 0.1) is 13.8 Å². The molecule has 0 aliphatic carbocycles. The van der Waals surface area contributed by atoms with Crippen LogP contribution in [0.15, 0.2) is 28.7 Å². The maximum atomic E-state index is 11.6. The Bertz CT molecular complexity index is 632. The van der Waals surface area contributed by atoms with E-state index in [2.05, 4.69) is 10.3 Å². The molecule has 0 unspecified atom stereocenters. The molecular formula is C18H24N2O3. The minimum Gasteiger partial charge on any atom is -0.441 e. The summed E-state index contributed by atoms with van der Waals surface area (Å²) in [6.07, 6.45) is 1.97. The quantitative estimate of drug-likeness (QED) is 0.760. The van der Waals surface area contributed by atoms with E-state index in [9.17, 15) is 4.79 Å². The van der Waals surface area contributed by atoms with Crippen molar-refractivity contribution in [1.82, 2.24) is 10.3 Å². The van der Waals surface area contributed by atoms with E-state index in [4.69, 9.17) is 9.15 Å². The highest BCUT2D eigenvalue weighted by atomic mass is 16.5. The molecule has 0 fully saturated rings. The highest BCUT2D eigenvalue weighted by Crippen LogP contribution is 2.23. The second-order valence-electron chi connectivity index (χ2n) is 5.58. The smallest absolute Gasteiger partial charge is 0.226 e. The number of benzene rings is 1. The van der Waals surface area contributed by atoms with Gasteiger partial charge in [0, 0.05) is 25.6 Å². The molecule has 0 saturated carbocycles. The molecule has 23 heavy (non-hydrogen) atoms. The van der Waals surface area contributed by atoms with Crippen molar-refractivity contribution in [2.75, 3.05) is 20.3 Å². The van der Waals surface area contributed by atoms with Crippen molar-refractivity contribution in [2.24, 2.45) is 0 Å². The summed E-state index contributed by atoms with van der Waals surface area (Å²) in [5, 5.41) is 2.81. The summed E-state index contributed by atoms with van der Waals surface area (Å²) in [5.41, 5.74) is 3.10. The molecule has 124 valence electrons. The number of aromatic nitrogens is 1. The first-order valence-corrected chi connectivity index (χ1v) is 7.89. The number of rotatable bonds is 8. The SMILES string of the molecule is COCCNC(=O)CCCc1nc(-c2ccc(C)cc2)oc1C. The Balaban J connectivity index is 1.87. The van der Waals surface area contributed by atoms with Crippen LogP contribution in [0.1, 0.15) is 29.9 Å². The molecule has 0 atom stereocenters. The fourth-order valence-electron chi connectivity index (χ4n) is 2.28.